The quantitative estimate of drug-likeness (QED) is 0.821. The van der Waals surface area contributed by atoms with Crippen molar-refractivity contribution < 1.29 is 0 Å². The Labute approximate surface area is 105 Å². The second-order valence-electron chi connectivity index (χ2n) is 5.71. The fraction of sp³-hybridized carbons (Fsp3) is 0.786. The van der Waals surface area contributed by atoms with Crippen molar-refractivity contribution in [2.75, 3.05) is 0 Å². The molecule has 0 atom stereocenters. The van der Waals surface area contributed by atoms with Crippen LogP contribution in [0.3, 0.4) is 0 Å². The zero-order valence-corrected chi connectivity index (χ0v) is 11.6. The van der Waals surface area contributed by atoms with Gasteiger partial charge in [0.1, 0.15) is 0 Å². The molecule has 1 heterocycles. The fourth-order valence-electron chi connectivity index (χ4n) is 2.12. The van der Waals surface area contributed by atoms with Crippen LogP contribution >= 0.6 is 0 Å². The second kappa shape index (κ2) is 5.21. The van der Waals surface area contributed by atoms with Crippen molar-refractivity contribution in [2.24, 2.45) is 5.92 Å². The van der Waals surface area contributed by atoms with Gasteiger partial charge in [-0.3, -0.25) is 4.68 Å². The van der Waals surface area contributed by atoms with Crippen molar-refractivity contribution in [3.63, 3.8) is 0 Å². The van der Waals surface area contributed by atoms with Gasteiger partial charge in [-0.2, -0.15) is 5.10 Å². The number of hydrogen-bond donors (Lipinski definition) is 1. The van der Waals surface area contributed by atoms with Crippen molar-refractivity contribution in [3.8, 4) is 0 Å². The van der Waals surface area contributed by atoms with E-state index >= 15 is 0 Å². The number of nitrogens with zero attached hydrogens (tertiary/aromatic N) is 2. The number of hydrogen-bond acceptors (Lipinski definition) is 2. The van der Waals surface area contributed by atoms with Gasteiger partial charge in [-0.05, 0) is 39.0 Å². The second-order valence-corrected chi connectivity index (χ2v) is 5.71. The summed E-state index contributed by atoms with van der Waals surface area (Å²) in [6.07, 6.45) is 3.90. The number of aromatic nitrogens is 2. The Hall–Kier alpha value is -0.830. The molecule has 3 heteroatoms. The molecule has 0 unspecified atom stereocenters. The lowest BCUT2D eigenvalue weighted by Gasteiger charge is -2.08. The molecule has 0 saturated heterocycles. The van der Waals surface area contributed by atoms with Crippen LogP contribution in [0.5, 0.6) is 0 Å². The Kier molecular flexibility index (Phi) is 3.87. The molecule has 0 aliphatic heterocycles. The van der Waals surface area contributed by atoms with Crippen LogP contribution in [0.2, 0.25) is 0 Å². The van der Waals surface area contributed by atoms with Gasteiger partial charge >= 0.3 is 0 Å². The molecule has 3 nitrogen and oxygen atoms in total. The molecule has 0 amide bonds. The Morgan fingerprint density at radius 1 is 1.35 bits per heavy atom. The van der Waals surface area contributed by atoms with E-state index in [9.17, 15) is 0 Å². The van der Waals surface area contributed by atoms with E-state index in [4.69, 9.17) is 0 Å². The van der Waals surface area contributed by atoms with E-state index in [1.54, 1.807) is 0 Å². The predicted molar refractivity (Wildman–Crippen MR) is 71.0 cm³/mol. The van der Waals surface area contributed by atoms with E-state index in [1.807, 2.05) is 0 Å². The number of rotatable bonds is 6. The largest absolute Gasteiger partial charge is 0.310 e. The molecule has 17 heavy (non-hydrogen) atoms. The highest BCUT2D eigenvalue weighted by atomic mass is 15.3. The van der Waals surface area contributed by atoms with Crippen LogP contribution in [0.1, 0.15) is 50.1 Å². The van der Waals surface area contributed by atoms with Crippen molar-refractivity contribution >= 4 is 0 Å². The molecule has 0 aromatic carbocycles. The maximum absolute atomic E-state index is 4.66. The summed E-state index contributed by atoms with van der Waals surface area (Å²) in [6, 6.07) is 0.771. The zero-order chi connectivity index (χ0) is 12.4. The van der Waals surface area contributed by atoms with E-state index in [2.05, 4.69) is 42.8 Å². The summed E-state index contributed by atoms with van der Waals surface area (Å²) in [5.74, 6) is 0.743. The summed E-state index contributed by atoms with van der Waals surface area (Å²) in [5, 5.41) is 8.24. The lowest BCUT2D eigenvalue weighted by molar-refractivity contribution is 0.478. The van der Waals surface area contributed by atoms with Gasteiger partial charge < -0.3 is 5.32 Å². The SMILES string of the molecule is Cc1nn(CCC(C)C)c(C)c1CNC1CC1. The molecule has 1 aliphatic rings. The minimum absolute atomic E-state index is 0.743. The molecule has 0 bridgehead atoms. The minimum Gasteiger partial charge on any atom is -0.310 e. The van der Waals surface area contributed by atoms with Crippen molar-refractivity contribution in [1.82, 2.24) is 15.1 Å². The molecule has 1 aromatic rings. The molecule has 1 saturated carbocycles. The average Bonchev–Trinajstić information content (AvgIpc) is 3.03. The Morgan fingerprint density at radius 3 is 2.65 bits per heavy atom. The Morgan fingerprint density at radius 2 is 2.06 bits per heavy atom. The summed E-state index contributed by atoms with van der Waals surface area (Å²) in [4.78, 5) is 0. The van der Waals surface area contributed by atoms with Crippen LogP contribution in [0.25, 0.3) is 0 Å². The standard InChI is InChI=1S/C14H25N3/c1-10(2)7-8-17-12(4)14(11(3)16-17)9-15-13-5-6-13/h10,13,15H,5-9H2,1-4H3. The maximum Gasteiger partial charge on any atom is 0.0641 e. The smallest absolute Gasteiger partial charge is 0.0641 e. The van der Waals surface area contributed by atoms with Crippen LogP contribution in [0, 0.1) is 19.8 Å². The molecule has 0 spiro atoms. The van der Waals surface area contributed by atoms with Gasteiger partial charge in [-0.1, -0.05) is 13.8 Å². The third-order valence-corrected chi connectivity index (χ3v) is 3.59. The van der Waals surface area contributed by atoms with Crippen LogP contribution in [0.15, 0.2) is 0 Å². The molecule has 96 valence electrons. The van der Waals surface area contributed by atoms with Gasteiger partial charge in [0.25, 0.3) is 0 Å². The monoisotopic (exact) mass is 235 g/mol. The van der Waals surface area contributed by atoms with E-state index in [0.717, 1.165) is 25.0 Å². The number of aryl methyl sites for hydroxylation is 2. The first kappa shape index (κ1) is 12.6. The first-order chi connectivity index (χ1) is 8.08. The summed E-state index contributed by atoms with van der Waals surface area (Å²) >= 11 is 0. The lowest BCUT2D eigenvalue weighted by Crippen LogP contribution is -2.16. The summed E-state index contributed by atoms with van der Waals surface area (Å²) < 4.78 is 2.18. The first-order valence-electron chi connectivity index (χ1n) is 6.84. The number of nitrogens with one attached hydrogen (secondary N) is 1. The lowest BCUT2D eigenvalue weighted by atomic mass is 10.1. The predicted octanol–water partition coefficient (Wildman–Crippen LogP) is 2.80. The molecule has 1 fully saturated rings. The summed E-state index contributed by atoms with van der Waals surface area (Å²) in [5.41, 5.74) is 3.94. The van der Waals surface area contributed by atoms with E-state index in [-0.39, 0.29) is 0 Å². The minimum atomic E-state index is 0.743. The highest BCUT2D eigenvalue weighted by Crippen LogP contribution is 2.21. The summed E-state index contributed by atoms with van der Waals surface area (Å²) in [6.45, 7) is 10.9. The van der Waals surface area contributed by atoms with E-state index < -0.39 is 0 Å². The molecule has 2 rings (SSSR count). The van der Waals surface area contributed by atoms with Gasteiger partial charge in [-0.15, -0.1) is 0 Å². The third kappa shape index (κ3) is 3.32. The van der Waals surface area contributed by atoms with Gasteiger partial charge in [-0.25, -0.2) is 0 Å². The molecule has 1 aliphatic carbocycles. The highest BCUT2D eigenvalue weighted by molar-refractivity contribution is 5.24. The molecule has 1 N–H and O–H groups in total. The van der Waals surface area contributed by atoms with Crippen molar-refractivity contribution in [2.45, 2.75) is 66.1 Å². The zero-order valence-electron chi connectivity index (χ0n) is 11.6. The molecular weight excluding hydrogens is 210 g/mol. The molecule has 0 radical (unpaired) electrons. The highest BCUT2D eigenvalue weighted by Gasteiger charge is 2.21. The van der Waals surface area contributed by atoms with Crippen molar-refractivity contribution in [1.29, 1.82) is 0 Å². The van der Waals surface area contributed by atoms with Gasteiger partial charge in [0.2, 0.25) is 0 Å². The van der Waals surface area contributed by atoms with E-state index in [0.29, 0.717) is 0 Å². The first-order valence-corrected chi connectivity index (χ1v) is 6.84. The Balaban J connectivity index is 1.99. The van der Waals surface area contributed by atoms with Crippen molar-refractivity contribution in [3.05, 3.63) is 17.0 Å². The van der Waals surface area contributed by atoms with Crippen LogP contribution in [-0.4, -0.2) is 15.8 Å². The van der Waals surface area contributed by atoms with Crippen LogP contribution < -0.4 is 5.32 Å². The average molecular weight is 235 g/mol. The normalized spacial score (nSPS) is 15.8. The molecular formula is C14H25N3. The van der Waals surface area contributed by atoms with E-state index in [1.165, 1.54) is 36.2 Å². The maximum atomic E-state index is 4.66. The topological polar surface area (TPSA) is 29.9 Å². The third-order valence-electron chi connectivity index (χ3n) is 3.59. The van der Waals surface area contributed by atoms with Gasteiger partial charge in [0.15, 0.2) is 0 Å². The van der Waals surface area contributed by atoms with Gasteiger partial charge in [0.05, 0.1) is 5.69 Å². The summed E-state index contributed by atoms with van der Waals surface area (Å²) in [7, 11) is 0. The molecule has 1 aromatic heterocycles. The van der Waals surface area contributed by atoms with Gasteiger partial charge in [0, 0.05) is 30.4 Å². The fourth-order valence-corrected chi connectivity index (χ4v) is 2.12. The van der Waals surface area contributed by atoms with Crippen LogP contribution in [-0.2, 0) is 13.1 Å². The van der Waals surface area contributed by atoms with Crippen LogP contribution in [0.4, 0.5) is 0 Å². The Bertz CT molecular complexity index is 375.